The molecule has 2 aromatic rings. The van der Waals surface area contributed by atoms with Crippen molar-refractivity contribution in [3.8, 4) is 5.69 Å². The van der Waals surface area contributed by atoms with Crippen LogP contribution in [-0.4, -0.2) is 9.78 Å². The van der Waals surface area contributed by atoms with Crippen molar-refractivity contribution in [3.63, 3.8) is 0 Å². The molecule has 0 amide bonds. The molecule has 4 heteroatoms. The fourth-order valence-electron chi connectivity index (χ4n) is 1.54. The van der Waals surface area contributed by atoms with E-state index in [4.69, 9.17) is 17.3 Å². The van der Waals surface area contributed by atoms with Crippen molar-refractivity contribution < 1.29 is 0 Å². The molecule has 1 aromatic heterocycles. The van der Waals surface area contributed by atoms with Gasteiger partial charge in [-0.1, -0.05) is 17.7 Å². The maximum atomic E-state index is 6.20. The Morgan fingerprint density at radius 2 is 2.12 bits per heavy atom. The fourth-order valence-corrected chi connectivity index (χ4v) is 1.82. The Labute approximate surface area is 99.8 Å². The summed E-state index contributed by atoms with van der Waals surface area (Å²) in [7, 11) is 0. The van der Waals surface area contributed by atoms with E-state index in [1.807, 2.05) is 44.3 Å². The zero-order valence-corrected chi connectivity index (χ0v) is 10.1. The third-order valence-electron chi connectivity index (χ3n) is 2.47. The van der Waals surface area contributed by atoms with Crippen molar-refractivity contribution in [1.82, 2.24) is 9.78 Å². The predicted octanol–water partition coefficient (Wildman–Crippen LogP) is 2.85. The van der Waals surface area contributed by atoms with E-state index < -0.39 is 0 Å². The summed E-state index contributed by atoms with van der Waals surface area (Å²) in [4.78, 5) is 0. The lowest BCUT2D eigenvalue weighted by molar-refractivity contribution is 0.813. The standard InChI is InChI=1S/C12H14ClN3/c1-8-5-6-16(15-8)12-4-3-10(9(2)14)7-11(12)13/h3-7,9H,14H2,1-2H3/t9-/m1/s1. The van der Waals surface area contributed by atoms with Crippen molar-refractivity contribution >= 4 is 11.6 Å². The minimum Gasteiger partial charge on any atom is -0.324 e. The highest BCUT2D eigenvalue weighted by atomic mass is 35.5. The van der Waals surface area contributed by atoms with Crippen LogP contribution in [0.3, 0.4) is 0 Å². The van der Waals surface area contributed by atoms with Crippen molar-refractivity contribution in [2.24, 2.45) is 5.73 Å². The number of nitrogens with two attached hydrogens (primary N) is 1. The molecule has 0 bridgehead atoms. The molecule has 3 nitrogen and oxygen atoms in total. The maximum Gasteiger partial charge on any atom is 0.0832 e. The summed E-state index contributed by atoms with van der Waals surface area (Å²) >= 11 is 6.20. The van der Waals surface area contributed by atoms with Crippen LogP contribution in [0.25, 0.3) is 5.69 Å². The second-order valence-corrected chi connectivity index (χ2v) is 4.31. The van der Waals surface area contributed by atoms with E-state index in [1.165, 1.54) is 0 Å². The summed E-state index contributed by atoms with van der Waals surface area (Å²) in [6, 6.07) is 7.73. The number of halogens is 1. The van der Waals surface area contributed by atoms with Gasteiger partial charge >= 0.3 is 0 Å². The van der Waals surface area contributed by atoms with Gasteiger partial charge < -0.3 is 5.73 Å². The molecule has 0 radical (unpaired) electrons. The fraction of sp³-hybridized carbons (Fsp3) is 0.250. The molecule has 0 aliphatic rings. The van der Waals surface area contributed by atoms with Gasteiger partial charge in [-0.3, -0.25) is 0 Å². The van der Waals surface area contributed by atoms with Gasteiger partial charge in [0.1, 0.15) is 0 Å². The lowest BCUT2D eigenvalue weighted by Gasteiger charge is -2.09. The van der Waals surface area contributed by atoms with E-state index >= 15 is 0 Å². The van der Waals surface area contributed by atoms with Gasteiger partial charge in [0.05, 0.1) is 16.4 Å². The Morgan fingerprint density at radius 3 is 2.62 bits per heavy atom. The van der Waals surface area contributed by atoms with Gasteiger partial charge in [0.25, 0.3) is 0 Å². The molecule has 1 aromatic carbocycles. The molecule has 2 rings (SSSR count). The third-order valence-corrected chi connectivity index (χ3v) is 2.77. The molecular formula is C12H14ClN3. The van der Waals surface area contributed by atoms with Gasteiger partial charge in [-0.25, -0.2) is 4.68 Å². The van der Waals surface area contributed by atoms with Gasteiger partial charge in [0.2, 0.25) is 0 Å². The van der Waals surface area contributed by atoms with E-state index in [-0.39, 0.29) is 6.04 Å². The first-order chi connectivity index (χ1) is 7.58. The van der Waals surface area contributed by atoms with Crippen LogP contribution in [0.15, 0.2) is 30.5 Å². The smallest absolute Gasteiger partial charge is 0.0832 e. The number of aromatic nitrogens is 2. The van der Waals surface area contributed by atoms with E-state index in [0.29, 0.717) is 5.02 Å². The third kappa shape index (κ3) is 2.10. The summed E-state index contributed by atoms with van der Waals surface area (Å²) in [5, 5.41) is 4.98. The van der Waals surface area contributed by atoms with Gasteiger partial charge in [-0.2, -0.15) is 5.10 Å². The Balaban J connectivity index is 2.44. The summed E-state index contributed by atoms with van der Waals surface area (Å²) in [5.41, 5.74) is 8.66. The summed E-state index contributed by atoms with van der Waals surface area (Å²) in [6.07, 6.45) is 1.89. The van der Waals surface area contributed by atoms with Crippen LogP contribution in [0, 0.1) is 6.92 Å². The second kappa shape index (κ2) is 4.28. The Kier molecular flexibility index (Phi) is 2.99. The number of nitrogens with zero attached hydrogens (tertiary/aromatic N) is 2. The van der Waals surface area contributed by atoms with Crippen molar-refractivity contribution in [2.75, 3.05) is 0 Å². The second-order valence-electron chi connectivity index (χ2n) is 3.90. The molecule has 0 aliphatic carbocycles. The SMILES string of the molecule is Cc1ccn(-c2ccc([C@@H](C)N)cc2Cl)n1. The Morgan fingerprint density at radius 1 is 1.38 bits per heavy atom. The Bertz CT molecular complexity index is 503. The van der Waals surface area contributed by atoms with Crippen LogP contribution in [0.5, 0.6) is 0 Å². The number of hydrogen-bond donors (Lipinski definition) is 1. The highest BCUT2D eigenvalue weighted by Gasteiger charge is 2.07. The zero-order chi connectivity index (χ0) is 11.7. The molecule has 0 saturated heterocycles. The number of benzene rings is 1. The zero-order valence-electron chi connectivity index (χ0n) is 9.31. The molecule has 2 N–H and O–H groups in total. The molecule has 84 valence electrons. The molecule has 1 atom stereocenters. The van der Waals surface area contributed by atoms with E-state index in [1.54, 1.807) is 4.68 Å². The summed E-state index contributed by atoms with van der Waals surface area (Å²) < 4.78 is 1.77. The van der Waals surface area contributed by atoms with Crippen molar-refractivity contribution in [3.05, 3.63) is 46.7 Å². The molecule has 0 spiro atoms. The number of rotatable bonds is 2. The van der Waals surface area contributed by atoms with Gasteiger partial charge in [-0.15, -0.1) is 0 Å². The average Bonchev–Trinajstić information content (AvgIpc) is 2.64. The van der Waals surface area contributed by atoms with E-state index in [0.717, 1.165) is 16.9 Å². The van der Waals surface area contributed by atoms with Crippen LogP contribution in [0.4, 0.5) is 0 Å². The van der Waals surface area contributed by atoms with Crippen LogP contribution < -0.4 is 5.73 Å². The van der Waals surface area contributed by atoms with Gasteiger partial charge in [0.15, 0.2) is 0 Å². The topological polar surface area (TPSA) is 43.8 Å². The molecule has 0 saturated carbocycles. The highest BCUT2D eigenvalue weighted by molar-refractivity contribution is 6.32. The van der Waals surface area contributed by atoms with Crippen LogP contribution in [0.1, 0.15) is 24.2 Å². The maximum absolute atomic E-state index is 6.20. The predicted molar refractivity (Wildman–Crippen MR) is 65.9 cm³/mol. The van der Waals surface area contributed by atoms with E-state index in [9.17, 15) is 0 Å². The van der Waals surface area contributed by atoms with Gasteiger partial charge in [0, 0.05) is 12.2 Å². The minimum absolute atomic E-state index is 0.00842. The summed E-state index contributed by atoms with van der Waals surface area (Å²) in [5.74, 6) is 0. The highest BCUT2D eigenvalue weighted by Crippen LogP contribution is 2.23. The molecule has 0 aliphatic heterocycles. The van der Waals surface area contributed by atoms with Crippen LogP contribution in [-0.2, 0) is 0 Å². The van der Waals surface area contributed by atoms with Gasteiger partial charge in [-0.05, 0) is 37.6 Å². The summed E-state index contributed by atoms with van der Waals surface area (Å²) in [6.45, 7) is 3.88. The quantitative estimate of drug-likeness (QED) is 0.870. The van der Waals surface area contributed by atoms with Crippen LogP contribution in [0.2, 0.25) is 5.02 Å². The molecule has 16 heavy (non-hydrogen) atoms. The Hall–Kier alpha value is -1.32. The van der Waals surface area contributed by atoms with E-state index in [2.05, 4.69) is 5.10 Å². The largest absolute Gasteiger partial charge is 0.324 e. The molecule has 1 heterocycles. The normalized spacial score (nSPS) is 12.8. The van der Waals surface area contributed by atoms with Crippen LogP contribution >= 0.6 is 11.6 Å². The monoisotopic (exact) mass is 235 g/mol. The minimum atomic E-state index is -0.00842. The van der Waals surface area contributed by atoms with Crippen molar-refractivity contribution in [1.29, 1.82) is 0 Å². The first kappa shape index (κ1) is 11.2. The van der Waals surface area contributed by atoms with Crippen molar-refractivity contribution in [2.45, 2.75) is 19.9 Å². The number of aryl methyl sites for hydroxylation is 1. The lowest BCUT2D eigenvalue weighted by atomic mass is 10.1. The lowest BCUT2D eigenvalue weighted by Crippen LogP contribution is -2.05. The molecular weight excluding hydrogens is 222 g/mol. The number of hydrogen-bond acceptors (Lipinski definition) is 2. The molecule has 0 fully saturated rings. The average molecular weight is 236 g/mol. The molecule has 0 unspecified atom stereocenters. The first-order valence-electron chi connectivity index (χ1n) is 5.15. The first-order valence-corrected chi connectivity index (χ1v) is 5.53.